The van der Waals surface area contributed by atoms with Gasteiger partial charge in [-0.3, -0.25) is 0 Å². The molecule has 0 aliphatic carbocycles. The number of benzene rings is 1. The first-order chi connectivity index (χ1) is 9.70. The fourth-order valence-corrected chi connectivity index (χ4v) is 2.30. The Morgan fingerprint density at radius 1 is 1.30 bits per heavy atom. The highest BCUT2D eigenvalue weighted by Crippen LogP contribution is 2.26. The molecule has 0 radical (unpaired) electrons. The largest absolute Gasteiger partial charge is 0.329 e. The smallest absolute Gasteiger partial charge is 0.160 e. The van der Waals surface area contributed by atoms with Crippen molar-refractivity contribution in [3.63, 3.8) is 0 Å². The number of aromatic nitrogens is 3. The highest BCUT2D eigenvalue weighted by atomic mass is 19.1. The normalized spacial score (nSPS) is 11.2. The van der Waals surface area contributed by atoms with Gasteiger partial charge in [-0.2, -0.15) is 0 Å². The van der Waals surface area contributed by atoms with Gasteiger partial charge in [0.1, 0.15) is 17.2 Å². The number of rotatable bonds is 3. The van der Waals surface area contributed by atoms with E-state index in [0.29, 0.717) is 24.5 Å². The fourth-order valence-electron chi connectivity index (χ4n) is 2.30. The molecule has 3 aromatic rings. The summed E-state index contributed by atoms with van der Waals surface area (Å²) in [7, 11) is 0. The van der Waals surface area contributed by atoms with Gasteiger partial charge in [-0.1, -0.05) is 12.1 Å². The Balaban J connectivity index is 2.29. The van der Waals surface area contributed by atoms with Crippen molar-refractivity contribution in [2.24, 2.45) is 5.73 Å². The van der Waals surface area contributed by atoms with E-state index in [9.17, 15) is 4.39 Å². The predicted molar refractivity (Wildman–Crippen MR) is 76.7 cm³/mol. The van der Waals surface area contributed by atoms with Gasteiger partial charge < -0.3 is 10.3 Å². The average molecular weight is 270 g/mol. The standard InChI is InChI=1S/C15H15FN4/c1-10-8-13-15(18-9-10)20(7-6-17)14(19-13)11-4-2-3-5-12(11)16/h2-5,8-9H,6-7,17H2,1H3. The number of aryl methyl sites for hydroxylation is 1. The number of pyridine rings is 1. The Labute approximate surface area is 116 Å². The second-order valence-electron chi connectivity index (χ2n) is 4.71. The van der Waals surface area contributed by atoms with Crippen LogP contribution in [-0.4, -0.2) is 21.1 Å². The number of halogens is 1. The summed E-state index contributed by atoms with van der Waals surface area (Å²) in [5, 5.41) is 0. The molecule has 4 nitrogen and oxygen atoms in total. The topological polar surface area (TPSA) is 56.7 Å². The molecule has 0 atom stereocenters. The SMILES string of the molecule is Cc1cnc2c(c1)nc(-c1ccccc1F)n2CCN. The molecule has 0 aliphatic rings. The van der Waals surface area contributed by atoms with Crippen molar-refractivity contribution in [3.05, 3.63) is 47.9 Å². The van der Waals surface area contributed by atoms with Crippen molar-refractivity contribution < 1.29 is 4.39 Å². The Kier molecular flexibility index (Phi) is 3.20. The highest BCUT2D eigenvalue weighted by molar-refractivity contribution is 5.77. The van der Waals surface area contributed by atoms with Crippen LogP contribution in [0.4, 0.5) is 4.39 Å². The minimum absolute atomic E-state index is 0.294. The molecule has 0 saturated carbocycles. The molecule has 0 bridgehead atoms. The maximum atomic E-state index is 14.0. The molecule has 0 fully saturated rings. The third-order valence-corrected chi connectivity index (χ3v) is 3.19. The monoisotopic (exact) mass is 270 g/mol. The number of fused-ring (bicyclic) bond motifs is 1. The lowest BCUT2D eigenvalue weighted by molar-refractivity contribution is 0.626. The van der Waals surface area contributed by atoms with E-state index in [0.717, 1.165) is 16.7 Å². The summed E-state index contributed by atoms with van der Waals surface area (Å²) in [4.78, 5) is 8.93. The molecule has 0 unspecified atom stereocenters. The molecule has 2 N–H and O–H groups in total. The van der Waals surface area contributed by atoms with Gasteiger partial charge in [0.25, 0.3) is 0 Å². The van der Waals surface area contributed by atoms with Gasteiger partial charge in [0.2, 0.25) is 0 Å². The van der Waals surface area contributed by atoms with Gasteiger partial charge in [-0.25, -0.2) is 14.4 Å². The van der Waals surface area contributed by atoms with Crippen molar-refractivity contribution in [1.82, 2.24) is 14.5 Å². The van der Waals surface area contributed by atoms with Crippen molar-refractivity contribution >= 4 is 11.2 Å². The minimum atomic E-state index is -0.294. The highest BCUT2D eigenvalue weighted by Gasteiger charge is 2.15. The number of hydrogen-bond donors (Lipinski definition) is 1. The first-order valence-electron chi connectivity index (χ1n) is 6.48. The summed E-state index contributed by atoms with van der Waals surface area (Å²) in [6.07, 6.45) is 1.78. The van der Waals surface area contributed by atoms with Crippen molar-refractivity contribution in [2.75, 3.05) is 6.54 Å². The van der Waals surface area contributed by atoms with Gasteiger partial charge in [-0.05, 0) is 30.7 Å². The molecular formula is C15H15FN4. The molecule has 102 valence electrons. The summed E-state index contributed by atoms with van der Waals surface area (Å²) in [6, 6.07) is 8.55. The lowest BCUT2D eigenvalue weighted by Crippen LogP contribution is -2.11. The average Bonchev–Trinajstić information content (AvgIpc) is 2.77. The number of nitrogens with two attached hydrogens (primary N) is 1. The zero-order valence-electron chi connectivity index (χ0n) is 11.2. The Morgan fingerprint density at radius 2 is 2.10 bits per heavy atom. The van der Waals surface area contributed by atoms with Crippen LogP contribution in [0.1, 0.15) is 5.56 Å². The van der Waals surface area contributed by atoms with E-state index in [4.69, 9.17) is 5.73 Å². The summed E-state index contributed by atoms with van der Waals surface area (Å²) in [6.45, 7) is 2.95. The molecule has 3 rings (SSSR count). The number of hydrogen-bond acceptors (Lipinski definition) is 3. The summed E-state index contributed by atoms with van der Waals surface area (Å²) < 4.78 is 15.9. The zero-order valence-corrected chi connectivity index (χ0v) is 11.2. The first-order valence-corrected chi connectivity index (χ1v) is 6.48. The maximum absolute atomic E-state index is 14.0. The zero-order chi connectivity index (χ0) is 14.1. The van der Waals surface area contributed by atoms with E-state index in [1.165, 1.54) is 6.07 Å². The third-order valence-electron chi connectivity index (χ3n) is 3.19. The van der Waals surface area contributed by atoms with Crippen LogP contribution in [0.3, 0.4) is 0 Å². The lowest BCUT2D eigenvalue weighted by atomic mass is 10.2. The summed E-state index contributed by atoms with van der Waals surface area (Å²) >= 11 is 0. The molecule has 1 aromatic carbocycles. The summed E-state index contributed by atoms with van der Waals surface area (Å²) in [5.41, 5.74) is 8.64. The molecule has 0 spiro atoms. The van der Waals surface area contributed by atoms with Gasteiger partial charge in [0.05, 0.1) is 5.56 Å². The van der Waals surface area contributed by atoms with E-state index in [2.05, 4.69) is 9.97 Å². The molecule has 2 heterocycles. The van der Waals surface area contributed by atoms with Crippen LogP contribution in [0.2, 0.25) is 0 Å². The lowest BCUT2D eigenvalue weighted by Gasteiger charge is -2.07. The Morgan fingerprint density at radius 3 is 2.85 bits per heavy atom. The van der Waals surface area contributed by atoms with Gasteiger partial charge in [-0.15, -0.1) is 0 Å². The molecule has 2 aromatic heterocycles. The number of imidazole rings is 1. The second-order valence-corrected chi connectivity index (χ2v) is 4.71. The van der Waals surface area contributed by atoms with Crippen LogP contribution in [0.25, 0.3) is 22.6 Å². The van der Waals surface area contributed by atoms with E-state index in [-0.39, 0.29) is 5.82 Å². The molecular weight excluding hydrogens is 255 g/mol. The quantitative estimate of drug-likeness (QED) is 0.795. The van der Waals surface area contributed by atoms with Crippen LogP contribution in [-0.2, 0) is 6.54 Å². The molecule has 20 heavy (non-hydrogen) atoms. The maximum Gasteiger partial charge on any atom is 0.160 e. The second kappa shape index (κ2) is 5.02. The van der Waals surface area contributed by atoms with E-state index in [1.54, 1.807) is 24.4 Å². The van der Waals surface area contributed by atoms with Crippen LogP contribution in [0, 0.1) is 12.7 Å². The molecule has 5 heteroatoms. The van der Waals surface area contributed by atoms with Gasteiger partial charge >= 0.3 is 0 Å². The molecule has 0 amide bonds. The van der Waals surface area contributed by atoms with Gasteiger partial charge in [0, 0.05) is 19.3 Å². The minimum Gasteiger partial charge on any atom is -0.329 e. The first kappa shape index (κ1) is 12.7. The van der Waals surface area contributed by atoms with Crippen molar-refractivity contribution in [3.8, 4) is 11.4 Å². The van der Waals surface area contributed by atoms with Crippen LogP contribution >= 0.6 is 0 Å². The van der Waals surface area contributed by atoms with Crippen molar-refractivity contribution in [2.45, 2.75) is 13.5 Å². The van der Waals surface area contributed by atoms with Crippen LogP contribution in [0.15, 0.2) is 36.5 Å². The Bertz CT molecular complexity index is 764. The van der Waals surface area contributed by atoms with E-state index >= 15 is 0 Å². The van der Waals surface area contributed by atoms with Crippen molar-refractivity contribution in [1.29, 1.82) is 0 Å². The predicted octanol–water partition coefficient (Wildman–Crippen LogP) is 2.50. The molecule has 0 saturated heterocycles. The summed E-state index contributed by atoms with van der Waals surface area (Å²) in [5.74, 6) is 0.277. The van der Waals surface area contributed by atoms with E-state index in [1.807, 2.05) is 17.6 Å². The van der Waals surface area contributed by atoms with Crippen LogP contribution in [0.5, 0.6) is 0 Å². The third kappa shape index (κ3) is 2.06. The van der Waals surface area contributed by atoms with Gasteiger partial charge in [0.15, 0.2) is 5.65 Å². The Hall–Kier alpha value is -2.27. The number of nitrogens with zero attached hydrogens (tertiary/aromatic N) is 3. The molecule has 0 aliphatic heterocycles. The van der Waals surface area contributed by atoms with E-state index < -0.39 is 0 Å². The van der Waals surface area contributed by atoms with Crippen LogP contribution < -0.4 is 5.73 Å². The fraction of sp³-hybridized carbons (Fsp3) is 0.200.